The molecule has 5 nitrogen and oxygen atoms in total. The summed E-state index contributed by atoms with van der Waals surface area (Å²) in [5.74, 6) is 1.36. The van der Waals surface area contributed by atoms with Crippen LogP contribution in [0.25, 0.3) is 0 Å². The molecule has 1 saturated carbocycles. The van der Waals surface area contributed by atoms with Crippen molar-refractivity contribution < 1.29 is 4.79 Å². The zero-order valence-corrected chi connectivity index (χ0v) is 14.9. The first-order valence-electron chi connectivity index (χ1n) is 8.58. The first kappa shape index (κ1) is 17.0. The van der Waals surface area contributed by atoms with Crippen LogP contribution in [0.2, 0.25) is 0 Å². The van der Waals surface area contributed by atoms with Gasteiger partial charge in [0.05, 0.1) is 12.3 Å². The van der Waals surface area contributed by atoms with Gasteiger partial charge in [0.15, 0.2) is 5.16 Å². The van der Waals surface area contributed by atoms with Crippen LogP contribution >= 0.6 is 11.8 Å². The number of aromatic nitrogens is 3. The lowest BCUT2D eigenvalue weighted by Gasteiger charge is -2.22. The van der Waals surface area contributed by atoms with Crippen LogP contribution in [0.15, 0.2) is 35.5 Å². The molecule has 1 aromatic carbocycles. The van der Waals surface area contributed by atoms with Crippen LogP contribution in [0.4, 0.5) is 0 Å². The number of thioether (sulfide) groups is 1. The van der Waals surface area contributed by atoms with Crippen molar-refractivity contribution >= 4 is 17.7 Å². The van der Waals surface area contributed by atoms with Gasteiger partial charge in [0.2, 0.25) is 5.91 Å². The molecule has 1 aromatic heterocycles. The summed E-state index contributed by atoms with van der Waals surface area (Å²) in [4.78, 5) is 12.2. The van der Waals surface area contributed by atoms with E-state index in [2.05, 4.69) is 32.2 Å². The first-order chi connectivity index (χ1) is 11.7. The Labute approximate surface area is 147 Å². The minimum Gasteiger partial charge on any atom is -0.353 e. The van der Waals surface area contributed by atoms with Crippen molar-refractivity contribution in [3.63, 3.8) is 0 Å². The molecule has 0 atom stereocenters. The fourth-order valence-corrected chi connectivity index (χ4v) is 3.86. The summed E-state index contributed by atoms with van der Waals surface area (Å²) < 4.78 is 2.06. The second-order valence-electron chi connectivity index (χ2n) is 6.29. The quantitative estimate of drug-likeness (QED) is 0.818. The molecular weight excluding hydrogens is 320 g/mol. The predicted octanol–water partition coefficient (Wildman–Crippen LogP) is 3.18. The molecule has 0 bridgehead atoms. The van der Waals surface area contributed by atoms with Crippen LogP contribution in [-0.2, 0) is 11.3 Å². The van der Waals surface area contributed by atoms with Crippen LogP contribution in [0, 0.1) is 6.92 Å². The lowest BCUT2D eigenvalue weighted by Crippen LogP contribution is -2.37. The largest absolute Gasteiger partial charge is 0.353 e. The van der Waals surface area contributed by atoms with E-state index in [1.807, 2.05) is 25.1 Å². The smallest absolute Gasteiger partial charge is 0.230 e. The number of nitrogens with one attached hydrogen (secondary N) is 1. The predicted molar refractivity (Wildman–Crippen MR) is 96.0 cm³/mol. The minimum absolute atomic E-state index is 0.0961. The molecule has 3 rings (SSSR count). The van der Waals surface area contributed by atoms with E-state index in [4.69, 9.17) is 0 Å². The van der Waals surface area contributed by atoms with E-state index in [1.54, 1.807) is 0 Å². The van der Waals surface area contributed by atoms with Gasteiger partial charge in [-0.15, -0.1) is 10.2 Å². The van der Waals surface area contributed by atoms with E-state index >= 15 is 0 Å². The zero-order valence-electron chi connectivity index (χ0n) is 14.1. The Hall–Kier alpha value is -1.82. The summed E-state index contributed by atoms with van der Waals surface area (Å²) in [6, 6.07) is 10.6. The van der Waals surface area contributed by atoms with E-state index in [9.17, 15) is 4.79 Å². The SMILES string of the molecule is Cc1nnc(SCC(=O)NC2CCCCC2)n1Cc1ccccc1. The molecule has 1 fully saturated rings. The van der Waals surface area contributed by atoms with Gasteiger partial charge >= 0.3 is 0 Å². The van der Waals surface area contributed by atoms with Gasteiger partial charge in [0.1, 0.15) is 5.82 Å². The third kappa shape index (κ3) is 4.60. The number of carbonyl (C=O) groups excluding carboxylic acids is 1. The molecule has 1 N–H and O–H groups in total. The molecule has 0 unspecified atom stereocenters. The number of aryl methyl sites for hydroxylation is 1. The molecule has 128 valence electrons. The summed E-state index contributed by atoms with van der Waals surface area (Å²) >= 11 is 1.46. The Morgan fingerprint density at radius 1 is 1.21 bits per heavy atom. The van der Waals surface area contributed by atoms with Crippen molar-refractivity contribution in [2.45, 2.75) is 56.8 Å². The molecule has 1 aliphatic carbocycles. The van der Waals surface area contributed by atoms with Crippen molar-refractivity contribution in [1.29, 1.82) is 0 Å². The topological polar surface area (TPSA) is 59.8 Å². The average molecular weight is 344 g/mol. The highest BCUT2D eigenvalue weighted by atomic mass is 32.2. The molecule has 0 saturated heterocycles. The molecule has 6 heteroatoms. The minimum atomic E-state index is 0.0961. The Morgan fingerprint density at radius 3 is 2.71 bits per heavy atom. The molecule has 1 heterocycles. The number of carbonyl (C=O) groups is 1. The number of nitrogens with zero attached hydrogens (tertiary/aromatic N) is 3. The van der Waals surface area contributed by atoms with Crippen LogP contribution in [0.1, 0.15) is 43.5 Å². The van der Waals surface area contributed by atoms with E-state index in [-0.39, 0.29) is 5.91 Å². The van der Waals surface area contributed by atoms with Gasteiger partial charge in [0.25, 0.3) is 0 Å². The summed E-state index contributed by atoms with van der Waals surface area (Å²) in [6.07, 6.45) is 5.97. The van der Waals surface area contributed by atoms with Crippen LogP contribution < -0.4 is 5.32 Å². The highest BCUT2D eigenvalue weighted by molar-refractivity contribution is 7.99. The number of hydrogen-bond donors (Lipinski definition) is 1. The second-order valence-corrected chi connectivity index (χ2v) is 7.24. The van der Waals surface area contributed by atoms with E-state index in [1.165, 1.54) is 36.6 Å². The average Bonchev–Trinajstić information content (AvgIpc) is 2.95. The standard InChI is InChI=1S/C18H24N4OS/c1-14-20-21-18(22(14)12-15-8-4-2-5-9-15)24-13-17(23)19-16-10-6-3-7-11-16/h2,4-5,8-9,16H,3,6-7,10-13H2,1H3,(H,19,23). The van der Waals surface area contributed by atoms with Gasteiger partial charge < -0.3 is 9.88 Å². The van der Waals surface area contributed by atoms with Gasteiger partial charge in [0, 0.05) is 6.04 Å². The Kier molecular flexibility index (Phi) is 5.91. The maximum atomic E-state index is 12.2. The maximum absolute atomic E-state index is 12.2. The fraction of sp³-hybridized carbons (Fsp3) is 0.500. The third-order valence-electron chi connectivity index (χ3n) is 4.39. The molecular formula is C18H24N4OS. The van der Waals surface area contributed by atoms with Gasteiger partial charge in [-0.2, -0.15) is 0 Å². The van der Waals surface area contributed by atoms with E-state index < -0.39 is 0 Å². The summed E-state index contributed by atoms with van der Waals surface area (Å²) in [5.41, 5.74) is 1.20. The lowest BCUT2D eigenvalue weighted by atomic mass is 9.95. The van der Waals surface area contributed by atoms with Crippen molar-refractivity contribution in [2.75, 3.05) is 5.75 Å². The number of rotatable bonds is 6. The molecule has 24 heavy (non-hydrogen) atoms. The summed E-state index contributed by atoms with van der Waals surface area (Å²) in [7, 11) is 0. The number of hydrogen-bond acceptors (Lipinski definition) is 4. The van der Waals surface area contributed by atoms with Crippen molar-refractivity contribution in [3.05, 3.63) is 41.7 Å². The molecule has 0 spiro atoms. The van der Waals surface area contributed by atoms with Gasteiger partial charge in [-0.3, -0.25) is 4.79 Å². The zero-order chi connectivity index (χ0) is 16.8. The van der Waals surface area contributed by atoms with E-state index in [0.717, 1.165) is 30.4 Å². The Balaban J connectivity index is 1.56. The molecule has 1 aliphatic rings. The molecule has 0 aliphatic heterocycles. The van der Waals surface area contributed by atoms with Crippen molar-refractivity contribution in [1.82, 2.24) is 20.1 Å². The Morgan fingerprint density at radius 2 is 1.96 bits per heavy atom. The third-order valence-corrected chi connectivity index (χ3v) is 5.35. The fourth-order valence-electron chi connectivity index (χ4n) is 3.06. The highest BCUT2D eigenvalue weighted by Gasteiger charge is 2.17. The Bertz CT molecular complexity index is 665. The van der Waals surface area contributed by atoms with Crippen molar-refractivity contribution in [3.8, 4) is 0 Å². The van der Waals surface area contributed by atoms with Crippen LogP contribution in [0.3, 0.4) is 0 Å². The second kappa shape index (κ2) is 8.33. The summed E-state index contributed by atoms with van der Waals surface area (Å²) in [5, 5.41) is 12.3. The lowest BCUT2D eigenvalue weighted by molar-refractivity contribution is -0.119. The van der Waals surface area contributed by atoms with Crippen molar-refractivity contribution in [2.24, 2.45) is 0 Å². The van der Waals surface area contributed by atoms with Crippen LogP contribution in [-0.4, -0.2) is 32.5 Å². The number of benzene rings is 1. The number of amides is 1. The molecule has 2 aromatic rings. The van der Waals surface area contributed by atoms with Gasteiger partial charge in [-0.25, -0.2) is 0 Å². The van der Waals surface area contributed by atoms with Crippen LogP contribution in [0.5, 0.6) is 0 Å². The maximum Gasteiger partial charge on any atom is 0.230 e. The summed E-state index contributed by atoms with van der Waals surface area (Å²) in [6.45, 7) is 2.67. The van der Waals surface area contributed by atoms with E-state index in [0.29, 0.717) is 11.8 Å². The normalized spacial score (nSPS) is 15.4. The molecule has 0 radical (unpaired) electrons. The van der Waals surface area contributed by atoms with Gasteiger partial charge in [-0.05, 0) is 25.3 Å². The highest BCUT2D eigenvalue weighted by Crippen LogP contribution is 2.20. The molecule has 1 amide bonds. The van der Waals surface area contributed by atoms with Gasteiger partial charge in [-0.1, -0.05) is 61.4 Å². The monoisotopic (exact) mass is 344 g/mol. The first-order valence-corrected chi connectivity index (χ1v) is 9.57.